The van der Waals surface area contributed by atoms with Crippen LogP contribution in [0.4, 0.5) is 0 Å². The Kier molecular flexibility index (Phi) is 9.00. The van der Waals surface area contributed by atoms with Gasteiger partial charge in [0.05, 0.1) is 17.7 Å². The Labute approximate surface area is 194 Å². The second kappa shape index (κ2) is 11.9. The van der Waals surface area contributed by atoms with Crippen molar-refractivity contribution < 1.29 is 9.47 Å². The summed E-state index contributed by atoms with van der Waals surface area (Å²) in [5.41, 5.74) is 6.02. The molecule has 2 aromatic carbocycles. The Morgan fingerprint density at radius 2 is 1.81 bits per heavy atom. The van der Waals surface area contributed by atoms with E-state index in [9.17, 15) is 4.79 Å². The highest BCUT2D eigenvalue weighted by Gasteiger charge is 2.26. The second-order valence-electron chi connectivity index (χ2n) is 8.15. The molecule has 1 aromatic heterocycles. The van der Waals surface area contributed by atoms with E-state index in [0.29, 0.717) is 28.1 Å². The highest BCUT2D eigenvalue weighted by molar-refractivity contribution is 6.32. The van der Waals surface area contributed by atoms with Gasteiger partial charge in [-0.2, -0.15) is 0 Å². The van der Waals surface area contributed by atoms with Gasteiger partial charge in [-0.05, 0) is 80.7 Å². The maximum absolute atomic E-state index is 11.8. The number of fused-ring (bicyclic) bond motifs is 1. The van der Waals surface area contributed by atoms with Crippen molar-refractivity contribution in [2.75, 3.05) is 6.61 Å². The second-order valence-corrected chi connectivity index (χ2v) is 8.56. The van der Waals surface area contributed by atoms with Crippen LogP contribution >= 0.6 is 11.6 Å². The predicted molar refractivity (Wildman–Crippen MR) is 132 cm³/mol. The Hall–Kier alpha value is -2.50. The summed E-state index contributed by atoms with van der Waals surface area (Å²) < 4.78 is 11.3. The molecule has 5 nitrogen and oxygen atoms in total. The number of aromatic amines is 1. The smallest absolute Gasteiger partial charge is 0.255 e. The zero-order chi connectivity index (χ0) is 22.9. The molecule has 1 fully saturated rings. The van der Waals surface area contributed by atoms with Crippen LogP contribution < -0.4 is 20.8 Å². The molecule has 1 saturated carbocycles. The fourth-order valence-electron chi connectivity index (χ4n) is 4.11. The van der Waals surface area contributed by atoms with Gasteiger partial charge in [0.15, 0.2) is 0 Å². The number of rotatable bonds is 6. The SMILES string of the molecule is CCC(N)C1CCC(Oc2cc3cc[nH]c(=O)c3cc2Cl)CC1.CCOc1ccccc1. The highest BCUT2D eigenvalue weighted by atomic mass is 35.5. The van der Waals surface area contributed by atoms with Crippen LogP contribution in [0.25, 0.3) is 10.8 Å². The van der Waals surface area contributed by atoms with E-state index in [2.05, 4.69) is 11.9 Å². The number of hydrogen-bond donors (Lipinski definition) is 2. The third-order valence-electron chi connectivity index (χ3n) is 5.97. The first kappa shape index (κ1) is 24.1. The third-order valence-corrected chi connectivity index (χ3v) is 6.26. The lowest BCUT2D eigenvalue weighted by atomic mass is 9.82. The molecule has 0 aliphatic heterocycles. The monoisotopic (exact) mass is 456 g/mol. The zero-order valence-corrected chi connectivity index (χ0v) is 19.6. The summed E-state index contributed by atoms with van der Waals surface area (Å²) in [5.74, 6) is 2.21. The molecular weight excluding hydrogens is 424 g/mol. The van der Waals surface area contributed by atoms with Crippen molar-refractivity contribution in [2.45, 2.75) is 58.1 Å². The fraction of sp³-hybridized carbons (Fsp3) is 0.423. The summed E-state index contributed by atoms with van der Waals surface area (Å²) in [6.07, 6.45) is 7.05. The maximum atomic E-state index is 11.8. The van der Waals surface area contributed by atoms with Crippen LogP contribution in [-0.4, -0.2) is 23.7 Å². The molecule has 0 spiro atoms. The molecule has 172 valence electrons. The standard InChI is InChI=1S/C18H23ClN2O2.C8H10O/c1-2-16(20)11-3-5-13(6-4-11)23-17-9-12-7-8-21-18(22)14(12)10-15(17)19;1-2-9-8-6-4-3-5-7-8/h7-11,13,16H,2-6,20H2,1H3,(H,21,22);3-7H,2H2,1H3. The van der Waals surface area contributed by atoms with Crippen molar-refractivity contribution in [3.05, 3.63) is 70.1 Å². The number of benzene rings is 2. The number of pyridine rings is 1. The van der Waals surface area contributed by atoms with Crippen LogP contribution in [0, 0.1) is 5.92 Å². The molecule has 1 heterocycles. The first-order chi connectivity index (χ1) is 15.5. The van der Waals surface area contributed by atoms with Crippen LogP contribution in [0.3, 0.4) is 0 Å². The normalized spacial score (nSPS) is 19.0. The van der Waals surface area contributed by atoms with Gasteiger partial charge in [0.2, 0.25) is 0 Å². The predicted octanol–water partition coefficient (Wildman–Crippen LogP) is 5.94. The summed E-state index contributed by atoms with van der Waals surface area (Å²) in [5, 5.41) is 1.92. The van der Waals surface area contributed by atoms with E-state index in [0.717, 1.165) is 49.8 Å². The van der Waals surface area contributed by atoms with Gasteiger partial charge in [-0.1, -0.05) is 36.7 Å². The molecule has 32 heavy (non-hydrogen) atoms. The van der Waals surface area contributed by atoms with E-state index in [1.807, 2.05) is 49.4 Å². The lowest BCUT2D eigenvalue weighted by Gasteiger charge is -2.32. The number of aromatic nitrogens is 1. The van der Waals surface area contributed by atoms with Gasteiger partial charge in [-0.3, -0.25) is 4.79 Å². The minimum Gasteiger partial charge on any atom is -0.494 e. The number of ether oxygens (including phenoxy) is 2. The molecule has 3 aromatic rings. The number of para-hydroxylation sites is 1. The van der Waals surface area contributed by atoms with Gasteiger partial charge in [0.25, 0.3) is 5.56 Å². The van der Waals surface area contributed by atoms with Crippen molar-refractivity contribution >= 4 is 22.4 Å². The minimum absolute atomic E-state index is 0.134. The summed E-state index contributed by atoms with van der Waals surface area (Å²) in [7, 11) is 0. The van der Waals surface area contributed by atoms with Gasteiger partial charge in [0.1, 0.15) is 11.5 Å². The average molecular weight is 457 g/mol. The van der Waals surface area contributed by atoms with E-state index >= 15 is 0 Å². The molecule has 6 heteroatoms. The van der Waals surface area contributed by atoms with E-state index in [1.165, 1.54) is 0 Å². The van der Waals surface area contributed by atoms with Crippen molar-refractivity contribution in [3.8, 4) is 11.5 Å². The van der Waals surface area contributed by atoms with Crippen molar-refractivity contribution in [2.24, 2.45) is 11.7 Å². The Balaban J connectivity index is 0.000000269. The number of nitrogens with one attached hydrogen (secondary N) is 1. The lowest BCUT2D eigenvalue weighted by Crippen LogP contribution is -2.35. The average Bonchev–Trinajstić information content (AvgIpc) is 2.82. The molecule has 1 aliphatic rings. The van der Waals surface area contributed by atoms with Gasteiger partial charge in [0, 0.05) is 17.6 Å². The van der Waals surface area contributed by atoms with Crippen molar-refractivity contribution in [1.29, 1.82) is 0 Å². The van der Waals surface area contributed by atoms with Crippen LogP contribution in [0.15, 0.2) is 59.5 Å². The molecule has 1 atom stereocenters. The summed E-state index contributed by atoms with van der Waals surface area (Å²) in [6, 6.07) is 15.5. The molecule has 0 radical (unpaired) electrons. The Morgan fingerprint density at radius 1 is 1.09 bits per heavy atom. The molecule has 1 unspecified atom stereocenters. The molecule has 3 N–H and O–H groups in total. The fourth-order valence-corrected chi connectivity index (χ4v) is 4.32. The third kappa shape index (κ3) is 6.50. The zero-order valence-electron chi connectivity index (χ0n) is 18.9. The van der Waals surface area contributed by atoms with Gasteiger partial charge >= 0.3 is 0 Å². The number of hydrogen-bond acceptors (Lipinski definition) is 4. The van der Waals surface area contributed by atoms with Gasteiger partial charge in [-0.15, -0.1) is 0 Å². The molecular formula is C26H33ClN2O3. The number of halogens is 1. The van der Waals surface area contributed by atoms with E-state index in [4.69, 9.17) is 26.8 Å². The highest BCUT2D eigenvalue weighted by Crippen LogP contribution is 2.34. The summed E-state index contributed by atoms with van der Waals surface area (Å²) in [4.78, 5) is 14.5. The van der Waals surface area contributed by atoms with E-state index in [1.54, 1.807) is 12.3 Å². The Morgan fingerprint density at radius 3 is 2.47 bits per heavy atom. The van der Waals surface area contributed by atoms with E-state index in [-0.39, 0.29) is 11.7 Å². The largest absolute Gasteiger partial charge is 0.494 e. The summed E-state index contributed by atoms with van der Waals surface area (Å²) >= 11 is 6.30. The van der Waals surface area contributed by atoms with Crippen molar-refractivity contribution in [3.63, 3.8) is 0 Å². The molecule has 0 saturated heterocycles. The first-order valence-electron chi connectivity index (χ1n) is 11.4. The number of nitrogens with two attached hydrogens (primary N) is 1. The van der Waals surface area contributed by atoms with E-state index < -0.39 is 0 Å². The quantitative estimate of drug-likeness (QED) is 0.481. The Bertz CT molecular complexity index is 1030. The van der Waals surface area contributed by atoms with Gasteiger partial charge in [-0.25, -0.2) is 0 Å². The topological polar surface area (TPSA) is 77.3 Å². The van der Waals surface area contributed by atoms with Gasteiger partial charge < -0.3 is 20.2 Å². The molecule has 4 rings (SSSR count). The molecule has 1 aliphatic carbocycles. The van der Waals surface area contributed by atoms with Crippen LogP contribution in [-0.2, 0) is 0 Å². The molecule has 0 bridgehead atoms. The van der Waals surface area contributed by atoms with Crippen LogP contribution in [0.2, 0.25) is 5.02 Å². The minimum atomic E-state index is -0.134. The van der Waals surface area contributed by atoms with Crippen LogP contribution in [0.5, 0.6) is 11.5 Å². The van der Waals surface area contributed by atoms with Crippen LogP contribution in [0.1, 0.15) is 46.0 Å². The first-order valence-corrected chi connectivity index (χ1v) is 11.8. The molecule has 0 amide bonds. The lowest BCUT2D eigenvalue weighted by molar-refractivity contribution is 0.122. The summed E-state index contributed by atoms with van der Waals surface area (Å²) in [6.45, 7) is 4.86. The maximum Gasteiger partial charge on any atom is 0.255 e. The number of H-pyrrole nitrogens is 1. The van der Waals surface area contributed by atoms with Crippen molar-refractivity contribution in [1.82, 2.24) is 4.98 Å².